The summed E-state index contributed by atoms with van der Waals surface area (Å²) in [5, 5.41) is 3.88. The molecule has 0 aliphatic rings. The van der Waals surface area contributed by atoms with Crippen LogP contribution < -0.4 is 10.9 Å². The molecule has 0 saturated carbocycles. The molecule has 0 bridgehead atoms. The maximum Gasteiger partial charge on any atom is 0.261 e. The quantitative estimate of drug-likeness (QED) is 0.764. The van der Waals surface area contributed by atoms with Crippen molar-refractivity contribution in [1.29, 1.82) is 0 Å². The van der Waals surface area contributed by atoms with Crippen molar-refractivity contribution < 1.29 is 4.79 Å². The SMILES string of the molecule is O=C(Nc1cccc2cccnc12)c1cc(Cl)c[nH]c1=O. The summed E-state index contributed by atoms with van der Waals surface area (Å²) in [5.74, 6) is -0.531. The number of hydrogen-bond acceptors (Lipinski definition) is 3. The molecule has 0 spiro atoms. The van der Waals surface area contributed by atoms with Crippen molar-refractivity contribution in [2.45, 2.75) is 0 Å². The number of pyridine rings is 2. The minimum absolute atomic E-state index is 0.0459. The number of aromatic amines is 1. The number of aromatic nitrogens is 2. The number of nitrogens with zero attached hydrogens (tertiary/aromatic N) is 1. The Kier molecular flexibility index (Phi) is 3.41. The zero-order valence-electron chi connectivity index (χ0n) is 10.8. The van der Waals surface area contributed by atoms with Gasteiger partial charge in [-0.2, -0.15) is 0 Å². The van der Waals surface area contributed by atoms with Crippen LogP contribution in [0.3, 0.4) is 0 Å². The van der Waals surface area contributed by atoms with Crippen molar-refractivity contribution >= 4 is 34.1 Å². The first-order valence-electron chi connectivity index (χ1n) is 6.18. The molecule has 2 aromatic heterocycles. The van der Waals surface area contributed by atoms with Gasteiger partial charge in [-0.1, -0.05) is 29.8 Å². The van der Waals surface area contributed by atoms with Gasteiger partial charge in [0.05, 0.1) is 16.2 Å². The van der Waals surface area contributed by atoms with Gasteiger partial charge in [0.15, 0.2) is 0 Å². The van der Waals surface area contributed by atoms with Crippen LogP contribution in [0.25, 0.3) is 10.9 Å². The number of hydrogen-bond donors (Lipinski definition) is 2. The molecule has 0 aliphatic carbocycles. The standard InChI is InChI=1S/C15H10ClN3O2/c16-10-7-11(14(20)18-8-10)15(21)19-12-5-1-3-9-4-2-6-17-13(9)12/h1-8H,(H,18,20)(H,19,21). The van der Waals surface area contributed by atoms with Crippen molar-refractivity contribution in [2.75, 3.05) is 5.32 Å². The van der Waals surface area contributed by atoms with E-state index in [0.717, 1.165) is 5.39 Å². The lowest BCUT2D eigenvalue weighted by atomic mass is 10.2. The molecular formula is C15H10ClN3O2. The molecule has 0 aliphatic heterocycles. The van der Waals surface area contributed by atoms with E-state index in [1.165, 1.54) is 12.3 Å². The molecule has 3 aromatic rings. The molecule has 0 unspecified atom stereocenters. The number of nitrogens with one attached hydrogen (secondary N) is 2. The van der Waals surface area contributed by atoms with E-state index in [4.69, 9.17) is 11.6 Å². The third-order valence-corrected chi connectivity index (χ3v) is 3.21. The number of para-hydroxylation sites is 1. The summed E-state index contributed by atoms with van der Waals surface area (Å²) in [4.78, 5) is 30.5. The smallest absolute Gasteiger partial charge is 0.261 e. The summed E-state index contributed by atoms with van der Waals surface area (Å²) in [6.07, 6.45) is 2.98. The zero-order chi connectivity index (χ0) is 14.8. The molecule has 0 atom stereocenters. The molecule has 1 amide bonds. The molecule has 6 heteroatoms. The number of carbonyl (C=O) groups is 1. The van der Waals surface area contributed by atoms with Gasteiger partial charge in [0.1, 0.15) is 5.56 Å². The van der Waals surface area contributed by atoms with Crippen molar-refractivity contribution in [2.24, 2.45) is 0 Å². The van der Waals surface area contributed by atoms with Crippen molar-refractivity contribution in [3.63, 3.8) is 0 Å². The summed E-state index contributed by atoms with van der Waals surface area (Å²) < 4.78 is 0. The lowest BCUT2D eigenvalue weighted by molar-refractivity contribution is 0.102. The molecular weight excluding hydrogens is 290 g/mol. The molecule has 2 N–H and O–H groups in total. The van der Waals surface area contributed by atoms with Gasteiger partial charge in [0, 0.05) is 17.8 Å². The molecule has 104 valence electrons. The topological polar surface area (TPSA) is 74.8 Å². The second kappa shape index (κ2) is 5.38. The second-order valence-corrected chi connectivity index (χ2v) is 4.83. The van der Waals surface area contributed by atoms with E-state index >= 15 is 0 Å². The van der Waals surface area contributed by atoms with E-state index in [-0.39, 0.29) is 10.6 Å². The first-order chi connectivity index (χ1) is 10.1. The first-order valence-corrected chi connectivity index (χ1v) is 6.56. The van der Waals surface area contributed by atoms with Gasteiger partial charge >= 0.3 is 0 Å². The maximum atomic E-state index is 12.2. The molecule has 0 fully saturated rings. The van der Waals surface area contributed by atoms with E-state index in [9.17, 15) is 9.59 Å². The summed E-state index contributed by atoms with van der Waals surface area (Å²) in [7, 11) is 0. The Morgan fingerprint density at radius 3 is 2.90 bits per heavy atom. The lowest BCUT2D eigenvalue weighted by Gasteiger charge is -2.07. The number of halogens is 1. The Hall–Kier alpha value is -2.66. The Labute approximate surface area is 124 Å². The van der Waals surface area contributed by atoms with Crippen LogP contribution in [0.5, 0.6) is 0 Å². The summed E-state index contributed by atoms with van der Waals surface area (Å²) in [5.41, 5.74) is 0.657. The van der Waals surface area contributed by atoms with Crippen LogP contribution in [-0.2, 0) is 0 Å². The summed E-state index contributed by atoms with van der Waals surface area (Å²) >= 11 is 5.80. The van der Waals surface area contributed by atoms with Crippen LogP contribution in [0.1, 0.15) is 10.4 Å². The van der Waals surface area contributed by atoms with Gasteiger partial charge in [-0.25, -0.2) is 0 Å². The highest BCUT2D eigenvalue weighted by atomic mass is 35.5. The minimum atomic E-state index is -0.531. The van der Waals surface area contributed by atoms with E-state index in [1.807, 2.05) is 24.3 Å². The Morgan fingerprint density at radius 2 is 2.05 bits per heavy atom. The molecule has 0 saturated heterocycles. The largest absolute Gasteiger partial charge is 0.327 e. The van der Waals surface area contributed by atoms with Crippen LogP contribution in [0.2, 0.25) is 5.02 Å². The van der Waals surface area contributed by atoms with Crippen molar-refractivity contribution in [1.82, 2.24) is 9.97 Å². The second-order valence-electron chi connectivity index (χ2n) is 4.40. The van der Waals surface area contributed by atoms with E-state index < -0.39 is 11.5 Å². The van der Waals surface area contributed by atoms with Crippen LogP contribution in [0.4, 0.5) is 5.69 Å². The molecule has 21 heavy (non-hydrogen) atoms. The van der Waals surface area contributed by atoms with Crippen LogP contribution in [0, 0.1) is 0 Å². The van der Waals surface area contributed by atoms with Gasteiger partial charge in [-0.3, -0.25) is 14.6 Å². The lowest BCUT2D eigenvalue weighted by Crippen LogP contribution is -2.22. The highest BCUT2D eigenvalue weighted by Crippen LogP contribution is 2.21. The molecule has 5 nitrogen and oxygen atoms in total. The fourth-order valence-corrected chi connectivity index (χ4v) is 2.18. The molecule has 2 heterocycles. The molecule has 1 aromatic carbocycles. The number of benzene rings is 1. The van der Waals surface area contributed by atoms with E-state index in [1.54, 1.807) is 12.3 Å². The van der Waals surface area contributed by atoms with Crippen molar-refractivity contribution in [3.8, 4) is 0 Å². The predicted molar refractivity (Wildman–Crippen MR) is 81.8 cm³/mol. The highest BCUT2D eigenvalue weighted by molar-refractivity contribution is 6.30. The van der Waals surface area contributed by atoms with E-state index in [0.29, 0.717) is 11.2 Å². The predicted octanol–water partition coefficient (Wildman–Crippen LogP) is 2.83. The van der Waals surface area contributed by atoms with Gasteiger partial charge in [0.25, 0.3) is 11.5 Å². The average Bonchev–Trinajstić information content (AvgIpc) is 2.50. The third kappa shape index (κ3) is 2.64. The van der Waals surface area contributed by atoms with Crippen LogP contribution in [0.15, 0.2) is 53.6 Å². The van der Waals surface area contributed by atoms with Crippen molar-refractivity contribution in [3.05, 3.63) is 69.7 Å². The Bertz CT molecular complexity index is 884. The van der Waals surface area contributed by atoms with Crippen LogP contribution in [-0.4, -0.2) is 15.9 Å². The highest BCUT2D eigenvalue weighted by Gasteiger charge is 2.13. The van der Waals surface area contributed by atoms with Gasteiger partial charge in [0.2, 0.25) is 0 Å². The maximum absolute atomic E-state index is 12.2. The Morgan fingerprint density at radius 1 is 1.24 bits per heavy atom. The number of carbonyl (C=O) groups excluding carboxylic acids is 1. The van der Waals surface area contributed by atoms with Crippen LogP contribution >= 0.6 is 11.6 Å². The number of anilines is 1. The number of fused-ring (bicyclic) bond motifs is 1. The monoisotopic (exact) mass is 299 g/mol. The Balaban J connectivity index is 2.01. The minimum Gasteiger partial charge on any atom is -0.327 e. The normalized spacial score (nSPS) is 10.5. The number of H-pyrrole nitrogens is 1. The number of amides is 1. The van der Waals surface area contributed by atoms with E-state index in [2.05, 4.69) is 15.3 Å². The summed E-state index contributed by atoms with van der Waals surface area (Å²) in [6.45, 7) is 0. The average molecular weight is 300 g/mol. The molecule has 0 radical (unpaired) electrons. The fraction of sp³-hybridized carbons (Fsp3) is 0. The van der Waals surface area contributed by atoms with Gasteiger partial charge in [-0.05, 0) is 18.2 Å². The fourth-order valence-electron chi connectivity index (χ4n) is 2.02. The van der Waals surface area contributed by atoms with Gasteiger partial charge in [-0.15, -0.1) is 0 Å². The van der Waals surface area contributed by atoms with Gasteiger partial charge < -0.3 is 10.3 Å². The summed E-state index contributed by atoms with van der Waals surface area (Å²) in [6, 6.07) is 10.5. The zero-order valence-corrected chi connectivity index (χ0v) is 11.5. The first kappa shape index (κ1) is 13.3. The third-order valence-electron chi connectivity index (χ3n) is 2.99. The number of rotatable bonds is 2. The molecule has 3 rings (SSSR count).